The molecule has 0 heterocycles. The Balaban J connectivity index is 0.000000166. The predicted molar refractivity (Wildman–Crippen MR) is 316 cm³/mol. The standard InChI is InChI=1S/C40H26O2.C28H27Cl2NP/c41-39-35(31-19-17-25-9-1-3-11-27(25)21-31)23-29-13-5-7-15-33(29)37(39)38-34-16-8-6-14-30(34)24-36(40(38)42)32-20-18-26-10-2-4-12-28(26)22-32;1-31(2,3)20-23-10-9-22(21-7-5-4-6-8-21)19-28(23)32(26-15-11-24(29)12-16-26)27-17-13-25(30)14-18-27/h1-24,41-42H;4-19H,20H2,1-3H3/q;+1/p-1. The van der Waals surface area contributed by atoms with Gasteiger partial charge in [-0.1, -0.05) is 217 Å². The molecule has 12 aromatic carbocycles. The van der Waals surface area contributed by atoms with Crippen LogP contribution in [0.1, 0.15) is 5.56 Å². The third-order valence-electron chi connectivity index (χ3n) is 13.6. The van der Waals surface area contributed by atoms with Crippen molar-refractivity contribution in [2.75, 3.05) is 21.1 Å². The zero-order valence-corrected chi connectivity index (χ0v) is 43.7. The highest BCUT2D eigenvalue weighted by Gasteiger charge is 2.24. The van der Waals surface area contributed by atoms with Gasteiger partial charge in [0.25, 0.3) is 0 Å². The maximum Gasteiger partial charge on any atom is 0.131 e. The SMILES string of the molecule is C[N+](C)(C)Cc1ccc(-c2ccccc2)cc1P(c1ccc(Cl)cc1)c1ccc(Cl)cc1.[O-]c1c(-c2ccc3ccccc3c2)cc2ccccc2c1-c1c(O)c(-c2ccc3ccccc3c2)cc2ccccc12. The van der Waals surface area contributed by atoms with Gasteiger partial charge in [0, 0.05) is 26.7 Å². The van der Waals surface area contributed by atoms with Crippen LogP contribution < -0.4 is 21.0 Å². The maximum absolute atomic E-state index is 14.6. The molecule has 0 aromatic heterocycles. The normalized spacial score (nSPS) is 11.6. The molecule has 1 N–H and O–H groups in total. The second kappa shape index (κ2) is 20.6. The molecule has 0 fully saturated rings. The van der Waals surface area contributed by atoms with Crippen LogP contribution in [0.2, 0.25) is 10.0 Å². The van der Waals surface area contributed by atoms with E-state index in [9.17, 15) is 10.2 Å². The topological polar surface area (TPSA) is 43.3 Å². The van der Waals surface area contributed by atoms with Gasteiger partial charge in [-0.2, -0.15) is 0 Å². The molecular weight excluding hydrogens is 965 g/mol. The van der Waals surface area contributed by atoms with Crippen LogP contribution in [0.3, 0.4) is 0 Å². The van der Waals surface area contributed by atoms with Gasteiger partial charge in [-0.25, -0.2) is 0 Å². The number of phenolic OH excluding ortho intramolecular Hbond substituents is 1. The van der Waals surface area contributed by atoms with Crippen LogP contribution in [0.4, 0.5) is 0 Å². The Morgan fingerprint density at radius 3 is 1.39 bits per heavy atom. The maximum atomic E-state index is 14.6. The van der Waals surface area contributed by atoms with Gasteiger partial charge in [0.05, 0.1) is 21.1 Å². The first-order chi connectivity index (χ1) is 36.0. The Morgan fingerprint density at radius 2 is 0.851 bits per heavy atom. The van der Waals surface area contributed by atoms with Crippen molar-refractivity contribution >= 4 is 90.1 Å². The van der Waals surface area contributed by atoms with Crippen LogP contribution in [0.25, 0.3) is 87.6 Å². The first-order valence-corrected chi connectivity index (χ1v) is 26.8. The van der Waals surface area contributed by atoms with E-state index in [1.807, 2.05) is 121 Å². The van der Waals surface area contributed by atoms with Gasteiger partial charge in [0.1, 0.15) is 12.3 Å². The number of quaternary nitrogens is 1. The Hall–Kier alpha value is -7.75. The van der Waals surface area contributed by atoms with Crippen molar-refractivity contribution in [3.8, 4) is 56.0 Å². The van der Waals surface area contributed by atoms with E-state index in [2.05, 4.69) is 142 Å². The van der Waals surface area contributed by atoms with Crippen LogP contribution >= 0.6 is 31.1 Å². The van der Waals surface area contributed by atoms with Crippen molar-refractivity contribution in [1.29, 1.82) is 0 Å². The van der Waals surface area contributed by atoms with Gasteiger partial charge in [0.15, 0.2) is 0 Å². The summed E-state index contributed by atoms with van der Waals surface area (Å²) < 4.78 is 0.863. The summed E-state index contributed by atoms with van der Waals surface area (Å²) >= 11 is 12.5. The number of nitrogens with zero attached hydrogens (tertiary/aromatic N) is 1. The molecule has 0 radical (unpaired) electrons. The molecule has 0 bridgehead atoms. The molecule has 0 spiro atoms. The van der Waals surface area contributed by atoms with E-state index in [-0.39, 0.29) is 11.5 Å². The minimum atomic E-state index is -0.778. The molecule has 12 aromatic rings. The van der Waals surface area contributed by atoms with E-state index in [0.717, 1.165) is 75.3 Å². The van der Waals surface area contributed by atoms with Crippen molar-refractivity contribution < 1.29 is 14.7 Å². The lowest BCUT2D eigenvalue weighted by Gasteiger charge is -2.28. The molecule has 6 heteroatoms. The van der Waals surface area contributed by atoms with Crippen LogP contribution in [-0.2, 0) is 6.54 Å². The average Bonchev–Trinajstić information content (AvgIpc) is 3.42. The molecule has 12 rings (SSSR count). The molecular formula is C68H52Cl2NO2P. The fourth-order valence-electron chi connectivity index (χ4n) is 10.1. The van der Waals surface area contributed by atoms with E-state index >= 15 is 0 Å². The average molecular weight is 1020 g/mol. The predicted octanol–water partition coefficient (Wildman–Crippen LogP) is 16.7. The summed E-state index contributed by atoms with van der Waals surface area (Å²) in [4.78, 5) is 0. The smallest absolute Gasteiger partial charge is 0.131 e. The Labute approximate surface area is 444 Å². The minimum Gasteiger partial charge on any atom is -0.872 e. The number of halogens is 2. The number of phenols is 1. The summed E-state index contributed by atoms with van der Waals surface area (Å²) in [6, 6.07) is 82.8. The lowest BCUT2D eigenvalue weighted by atomic mass is 9.86. The molecule has 0 amide bonds. The van der Waals surface area contributed by atoms with E-state index in [1.54, 1.807) is 0 Å². The number of aromatic hydroxyl groups is 1. The van der Waals surface area contributed by atoms with Crippen molar-refractivity contribution in [3.05, 3.63) is 258 Å². The number of benzene rings is 12. The largest absolute Gasteiger partial charge is 0.872 e. The quantitative estimate of drug-likeness (QED) is 0.116. The van der Waals surface area contributed by atoms with Crippen LogP contribution in [0, 0.1) is 0 Å². The summed E-state index contributed by atoms with van der Waals surface area (Å²) in [5.74, 6) is 0.0157. The number of fused-ring (bicyclic) bond motifs is 4. The van der Waals surface area contributed by atoms with E-state index in [4.69, 9.17) is 23.2 Å². The lowest BCUT2D eigenvalue weighted by molar-refractivity contribution is -0.883. The molecule has 0 unspecified atom stereocenters. The fourth-order valence-corrected chi connectivity index (χ4v) is 12.9. The van der Waals surface area contributed by atoms with Gasteiger partial charge in [-0.3, -0.25) is 0 Å². The highest BCUT2D eigenvalue weighted by atomic mass is 35.5. The van der Waals surface area contributed by atoms with Gasteiger partial charge < -0.3 is 14.7 Å². The number of rotatable bonds is 9. The van der Waals surface area contributed by atoms with E-state index in [0.29, 0.717) is 22.3 Å². The molecule has 0 saturated heterocycles. The van der Waals surface area contributed by atoms with Crippen molar-refractivity contribution in [1.82, 2.24) is 0 Å². The van der Waals surface area contributed by atoms with Crippen LogP contribution in [0.5, 0.6) is 11.5 Å². The summed E-state index contributed by atoms with van der Waals surface area (Å²) in [7, 11) is 5.94. The first-order valence-electron chi connectivity index (χ1n) is 24.7. The summed E-state index contributed by atoms with van der Waals surface area (Å²) in [6.45, 7) is 0.949. The van der Waals surface area contributed by atoms with Crippen molar-refractivity contribution in [2.24, 2.45) is 0 Å². The van der Waals surface area contributed by atoms with Gasteiger partial charge in [-0.05, 0) is 155 Å². The van der Waals surface area contributed by atoms with Crippen LogP contribution in [0.15, 0.2) is 243 Å². The molecule has 74 heavy (non-hydrogen) atoms. The summed E-state index contributed by atoms with van der Waals surface area (Å²) in [5.41, 5.74) is 8.01. The molecule has 0 saturated carbocycles. The van der Waals surface area contributed by atoms with Crippen molar-refractivity contribution in [2.45, 2.75) is 6.54 Å². The molecule has 0 aliphatic carbocycles. The third-order valence-corrected chi connectivity index (χ3v) is 16.7. The molecule has 0 aliphatic rings. The summed E-state index contributed by atoms with van der Waals surface area (Å²) in [5, 5.41) is 40.2. The van der Waals surface area contributed by atoms with Gasteiger partial charge >= 0.3 is 0 Å². The Morgan fingerprint density at radius 1 is 0.405 bits per heavy atom. The van der Waals surface area contributed by atoms with Crippen LogP contribution in [-0.4, -0.2) is 30.7 Å². The number of hydrogen-bond acceptors (Lipinski definition) is 2. The van der Waals surface area contributed by atoms with E-state index in [1.165, 1.54) is 32.6 Å². The van der Waals surface area contributed by atoms with Crippen molar-refractivity contribution in [3.63, 3.8) is 0 Å². The van der Waals surface area contributed by atoms with Gasteiger partial charge in [0.2, 0.25) is 0 Å². The lowest BCUT2D eigenvalue weighted by Crippen LogP contribution is -2.36. The first kappa shape index (κ1) is 48.5. The second-order valence-corrected chi connectivity index (χ2v) is 22.8. The molecule has 0 aliphatic heterocycles. The Bertz CT molecular complexity index is 3810. The Kier molecular flexibility index (Phi) is 13.5. The second-order valence-electron chi connectivity index (χ2n) is 19.8. The highest BCUT2D eigenvalue weighted by molar-refractivity contribution is 7.80. The van der Waals surface area contributed by atoms with E-state index < -0.39 is 7.92 Å². The monoisotopic (exact) mass is 1020 g/mol. The molecule has 0 atom stereocenters. The highest BCUT2D eigenvalue weighted by Crippen LogP contribution is 2.51. The molecule has 360 valence electrons. The summed E-state index contributed by atoms with van der Waals surface area (Å²) in [6.07, 6.45) is 0. The fraction of sp³-hybridized carbons (Fsp3) is 0.0588. The van der Waals surface area contributed by atoms with Gasteiger partial charge in [-0.15, -0.1) is 0 Å². The zero-order valence-electron chi connectivity index (χ0n) is 41.3. The molecule has 3 nitrogen and oxygen atoms in total. The minimum absolute atomic E-state index is 0.0971. The third kappa shape index (κ3) is 10.0. The number of hydrogen-bond donors (Lipinski definition) is 1. The zero-order chi connectivity index (χ0) is 50.9.